The van der Waals surface area contributed by atoms with Gasteiger partial charge in [-0.15, -0.1) is 0 Å². The molecule has 1 saturated heterocycles. The Hall–Kier alpha value is -1.66. The Labute approximate surface area is 145 Å². The monoisotopic (exact) mass is 349 g/mol. The highest BCUT2D eigenvalue weighted by Gasteiger charge is 2.31. The van der Waals surface area contributed by atoms with E-state index in [-0.39, 0.29) is 12.3 Å². The molecule has 1 unspecified atom stereocenters. The Morgan fingerprint density at radius 2 is 2.09 bits per heavy atom. The number of carbonyl (C=O) groups excluding carboxylic acids is 1. The van der Waals surface area contributed by atoms with Crippen molar-refractivity contribution >= 4 is 40.2 Å². The number of carboxylic acid groups (broad SMARTS) is 1. The van der Waals surface area contributed by atoms with Gasteiger partial charge in [-0.2, -0.15) is 0 Å². The first-order chi connectivity index (χ1) is 11.0. The van der Waals surface area contributed by atoms with Crippen molar-refractivity contribution in [1.82, 2.24) is 4.90 Å². The standard InChI is InChI=1S/C17H19NO3S2/c1-12(13-6-3-2-4-7-13)9-10-14-16(21)18(17(22)23-14)11-5-8-15(19)20/h2-4,6-7,10,12H,5,8-9,11H2,1H3,(H,19,20)/b14-10-. The third-order valence-electron chi connectivity index (χ3n) is 3.67. The Bertz CT molecular complexity index is 628. The number of benzene rings is 1. The van der Waals surface area contributed by atoms with E-state index in [4.69, 9.17) is 17.3 Å². The summed E-state index contributed by atoms with van der Waals surface area (Å²) in [6.07, 6.45) is 3.16. The van der Waals surface area contributed by atoms with E-state index >= 15 is 0 Å². The molecule has 0 bridgehead atoms. The number of aliphatic carboxylic acids is 1. The molecule has 1 atom stereocenters. The van der Waals surface area contributed by atoms with Crippen LogP contribution in [0.5, 0.6) is 0 Å². The highest BCUT2D eigenvalue weighted by Crippen LogP contribution is 2.32. The molecule has 0 aromatic heterocycles. The zero-order valence-corrected chi connectivity index (χ0v) is 14.5. The molecule has 1 aromatic carbocycles. The van der Waals surface area contributed by atoms with Crippen molar-refractivity contribution in [2.75, 3.05) is 6.54 Å². The largest absolute Gasteiger partial charge is 0.481 e. The lowest BCUT2D eigenvalue weighted by atomic mass is 9.98. The van der Waals surface area contributed by atoms with Crippen molar-refractivity contribution in [2.24, 2.45) is 0 Å². The topological polar surface area (TPSA) is 57.6 Å². The molecule has 0 spiro atoms. The van der Waals surface area contributed by atoms with Crippen molar-refractivity contribution in [3.63, 3.8) is 0 Å². The van der Waals surface area contributed by atoms with Crippen LogP contribution in [0.3, 0.4) is 0 Å². The van der Waals surface area contributed by atoms with Crippen LogP contribution in [-0.2, 0) is 9.59 Å². The van der Waals surface area contributed by atoms with E-state index in [1.54, 1.807) is 0 Å². The molecule has 2 rings (SSSR count). The van der Waals surface area contributed by atoms with Gasteiger partial charge in [-0.05, 0) is 24.3 Å². The number of amides is 1. The van der Waals surface area contributed by atoms with Crippen LogP contribution >= 0.6 is 24.0 Å². The second-order valence-electron chi connectivity index (χ2n) is 5.44. The summed E-state index contributed by atoms with van der Waals surface area (Å²) in [7, 11) is 0. The van der Waals surface area contributed by atoms with Gasteiger partial charge in [-0.3, -0.25) is 14.5 Å². The Kier molecular flexibility index (Phi) is 6.36. The van der Waals surface area contributed by atoms with Crippen LogP contribution in [0.4, 0.5) is 0 Å². The van der Waals surface area contributed by atoms with Crippen LogP contribution in [0.15, 0.2) is 41.3 Å². The van der Waals surface area contributed by atoms with Gasteiger partial charge in [0.15, 0.2) is 0 Å². The number of rotatable bonds is 7. The minimum atomic E-state index is -0.859. The zero-order chi connectivity index (χ0) is 16.8. The fraction of sp³-hybridized carbons (Fsp3) is 0.353. The lowest BCUT2D eigenvalue weighted by Gasteiger charge is -2.13. The molecule has 1 aromatic rings. The van der Waals surface area contributed by atoms with Crippen molar-refractivity contribution in [3.8, 4) is 0 Å². The minimum absolute atomic E-state index is 0.0428. The van der Waals surface area contributed by atoms with Gasteiger partial charge in [-0.25, -0.2) is 0 Å². The first kappa shape index (κ1) is 17.7. The molecular weight excluding hydrogens is 330 g/mol. The van der Waals surface area contributed by atoms with Crippen molar-refractivity contribution in [1.29, 1.82) is 0 Å². The predicted molar refractivity (Wildman–Crippen MR) is 96.3 cm³/mol. The summed E-state index contributed by atoms with van der Waals surface area (Å²) in [5, 5.41) is 8.67. The van der Waals surface area contributed by atoms with Crippen LogP contribution in [0.25, 0.3) is 0 Å². The SMILES string of the molecule is CC(C/C=C1\SC(=S)N(CCCC(=O)O)C1=O)c1ccccc1. The van der Waals surface area contributed by atoms with Crippen LogP contribution in [0.2, 0.25) is 0 Å². The second-order valence-corrected chi connectivity index (χ2v) is 7.11. The van der Waals surface area contributed by atoms with E-state index in [2.05, 4.69) is 19.1 Å². The molecule has 0 saturated carbocycles. The minimum Gasteiger partial charge on any atom is -0.481 e. The molecule has 1 aliphatic heterocycles. The summed E-state index contributed by atoms with van der Waals surface area (Å²) >= 11 is 6.53. The van der Waals surface area contributed by atoms with Gasteiger partial charge >= 0.3 is 5.97 Å². The number of hydrogen-bond acceptors (Lipinski definition) is 4. The van der Waals surface area contributed by atoms with E-state index in [1.165, 1.54) is 22.2 Å². The normalized spacial score (nSPS) is 17.8. The van der Waals surface area contributed by atoms with E-state index in [0.717, 1.165) is 6.42 Å². The van der Waals surface area contributed by atoms with Crippen LogP contribution in [0.1, 0.15) is 37.7 Å². The number of thiocarbonyl (C=S) groups is 1. The van der Waals surface area contributed by atoms with Gasteiger partial charge in [0, 0.05) is 13.0 Å². The number of nitrogens with zero attached hydrogens (tertiary/aromatic N) is 1. The van der Waals surface area contributed by atoms with Gasteiger partial charge < -0.3 is 5.11 Å². The Morgan fingerprint density at radius 1 is 1.39 bits per heavy atom. The molecule has 0 radical (unpaired) electrons. The molecule has 0 aliphatic carbocycles. The molecule has 6 heteroatoms. The Morgan fingerprint density at radius 3 is 2.74 bits per heavy atom. The number of allylic oxidation sites excluding steroid dienone is 1. The Balaban J connectivity index is 1.94. The van der Waals surface area contributed by atoms with Gasteiger partial charge in [0.25, 0.3) is 5.91 Å². The summed E-state index contributed by atoms with van der Waals surface area (Å²) < 4.78 is 0.513. The summed E-state index contributed by atoms with van der Waals surface area (Å²) in [5.41, 5.74) is 1.24. The quantitative estimate of drug-likeness (QED) is 0.599. The number of hydrogen-bond donors (Lipinski definition) is 1. The lowest BCUT2D eigenvalue weighted by Crippen LogP contribution is -2.29. The molecule has 122 valence electrons. The summed E-state index contributed by atoms with van der Waals surface area (Å²) in [6.45, 7) is 2.49. The molecule has 4 nitrogen and oxygen atoms in total. The summed E-state index contributed by atoms with van der Waals surface area (Å²) in [6, 6.07) is 10.2. The third-order valence-corrected chi connectivity index (χ3v) is 5.10. The van der Waals surface area contributed by atoms with Gasteiger partial charge in [-0.1, -0.05) is 67.3 Å². The predicted octanol–water partition coefficient (Wildman–Crippen LogP) is 3.79. The first-order valence-corrected chi connectivity index (χ1v) is 8.72. The molecule has 1 fully saturated rings. The average molecular weight is 349 g/mol. The highest BCUT2D eigenvalue weighted by molar-refractivity contribution is 8.26. The lowest BCUT2D eigenvalue weighted by molar-refractivity contribution is -0.137. The molecule has 1 amide bonds. The van der Waals surface area contributed by atoms with Crippen molar-refractivity contribution < 1.29 is 14.7 Å². The van der Waals surface area contributed by atoms with E-state index < -0.39 is 5.97 Å². The summed E-state index contributed by atoms with van der Waals surface area (Å²) in [5.74, 6) is -0.639. The van der Waals surface area contributed by atoms with E-state index in [9.17, 15) is 9.59 Å². The number of carbonyl (C=O) groups is 2. The van der Waals surface area contributed by atoms with Crippen molar-refractivity contribution in [2.45, 2.75) is 32.1 Å². The molecular formula is C17H19NO3S2. The highest BCUT2D eigenvalue weighted by atomic mass is 32.2. The van der Waals surface area contributed by atoms with Crippen LogP contribution in [-0.4, -0.2) is 32.7 Å². The maximum Gasteiger partial charge on any atom is 0.303 e. The number of thioether (sulfide) groups is 1. The maximum absolute atomic E-state index is 12.3. The molecule has 1 aliphatic rings. The van der Waals surface area contributed by atoms with Crippen LogP contribution < -0.4 is 0 Å². The molecule has 23 heavy (non-hydrogen) atoms. The summed E-state index contributed by atoms with van der Waals surface area (Å²) in [4.78, 5) is 25.1. The molecule has 1 N–H and O–H groups in total. The molecule has 1 heterocycles. The zero-order valence-electron chi connectivity index (χ0n) is 12.9. The van der Waals surface area contributed by atoms with E-state index in [0.29, 0.717) is 28.1 Å². The van der Waals surface area contributed by atoms with Crippen LogP contribution in [0, 0.1) is 0 Å². The third kappa shape index (κ3) is 4.91. The van der Waals surface area contributed by atoms with E-state index in [1.807, 2.05) is 24.3 Å². The van der Waals surface area contributed by atoms with Gasteiger partial charge in [0.1, 0.15) is 4.32 Å². The van der Waals surface area contributed by atoms with Crippen molar-refractivity contribution in [3.05, 3.63) is 46.9 Å². The fourth-order valence-corrected chi connectivity index (χ4v) is 3.61. The number of carboxylic acids is 1. The smallest absolute Gasteiger partial charge is 0.303 e. The fourth-order valence-electron chi connectivity index (χ4n) is 2.32. The van der Waals surface area contributed by atoms with Gasteiger partial charge in [0.05, 0.1) is 4.91 Å². The van der Waals surface area contributed by atoms with Gasteiger partial charge in [0.2, 0.25) is 0 Å². The average Bonchev–Trinajstić information content (AvgIpc) is 2.80. The first-order valence-electron chi connectivity index (χ1n) is 7.49. The maximum atomic E-state index is 12.3. The second kappa shape index (κ2) is 8.26.